The summed E-state index contributed by atoms with van der Waals surface area (Å²) in [7, 11) is 3.63. The van der Waals surface area contributed by atoms with Crippen molar-refractivity contribution in [3.8, 4) is 0 Å². The number of rotatable bonds is 11. The maximum atomic E-state index is 13.1. The lowest BCUT2D eigenvalue weighted by molar-refractivity contribution is 0.0929. The number of fused-ring (bicyclic) bond motifs is 2. The lowest BCUT2D eigenvalue weighted by Gasteiger charge is -2.18. The van der Waals surface area contributed by atoms with Crippen molar-refractivity contribution in [2.45, 2.75) is 18.9 Å². The van der Waals surface area contributed by atoms with Gasteiger partial charge in [-0.1, -0.05) is 24.3 Å². The third-order valence-electron chi connectivity index (χ3n) is 5.59. The van der Waals surface area contributed by atoms with Crippen molar-refractivity contribution in [1.29, 1.82) is 0 Å². The zero-order valence-corrected chi connectivity index (χ0v) is 19.4. The number of nitrogens with one attached hydrogen (secondary N) is 4. The van der Waals surface area contributed by atoms with Crippen LogP contribution in [0.5, 0.6) is 0 Å². The molecule has 0 aliphatic carbocycles. The first-order chi connectivity index (χ1) is 15.7. The summed E-state index contributed by atoms with van der Waals surface area (Å²) in [6.45, 7) is 2.35. The second kappa shape index (κ2) is 10.6. The summed E-state index contributed by atoms with van der Waals surface area (Å²) in [4.78, 5) is 17.2. The molecule has 0 aliphatic rings. The number of hydrogen-bond donors (Lipinski definition) is 4. The van der Waals surface area contributed by atoms with Crippen molar-refractivity contribution in [3.05, 3.63) is 65.2 Å². The van der Waals surface area contributed by atoms with Crippen LogP contribution in [0.1, 0.15) is 21.7 Å². The van der Waals surface area contributed by atoms with Crippen molar-refractivity contribution >= 4 is 43.9 Å². The van der Waals surface area contributed by atoms with Gasteiger partial charge in [0.1, 0.15) is 0 Å². The Bertz CT molecular complexity index is 1180. The van der Waals surface area contributed by atoms with Gasteiger partial charge in [0, 0.05) is 60.3 Å². The van der Waals surface area contributed by atoms with Crippen LogP contribution in [-0.4, -0.2) is 50.8 Å². The molecule has 4 rings (SSSR count). The summed E-state index contributed by atoms with van der Waals surface area (Å²) in [6.07, 6.45) is 3.55. The molecular weight excluding hydrogens is 420 g/mol. The monoisotopic (exact) mass is 450 g/mol. The smallest absolute Gasteiger partial charge is 0.261 e. The molecule has 168 valence electrons. The predicted octanol–water partition coefficient (Wildman–Crippen LogP) is 4.39. The summed E-state index contributed by atoms with van der Waals surface area (Å²) < 4.78 is 6.41. The highest BCUT2D eigenvalue weighted by molar-refractivity contribution is 7.20. The highest BCUT2D eigenvalue weighted by Gasteiger charge is 2.18. The first-order valence-electron chi connectivity index (χ1n) is 10.9. The molecule has 32 heavy (non-hydrogen) atoms. The van der Waals surface area contributed by atoms with Crippen LogP contribution in [-0.2, 0) is 11.2 Å². The number of aromatic nitrogens is 1. The van der Waals surface area contributed by atoms with Gasteiger partial charge >= 0.3 is 0 Å². The van der Waals surface area contributed by atoms with Crippen molar-refractivity contribution in [1.82, 2.24) is 15.6 Å². The number of para-hydroxylation sites is 1. The largest absolute Gasteiger partial charge is 0.385 e. The number of thiophene rings is 1. The number of benzene rings is 2. The number of carbonyl (C=O) groups excluding carboxylic acids is 1. The Labute approximate surface area is 192 Å². The van der Waals surface area contributed by atoms with E-state index in [9.17, 15) is 4.79 Å². The van der Waals surface area contributed by atoms with Crippen molar-refractivity contribution < 1.29 is 9.53 Å². The molecule has 0 spiro atoms. The van der Waals surface area contributed by atoms with E-state index in [0.29, 0.717) is 6.61 Å². The summed E-state index contributed by atoms with van der Waals surface area (Å²) in [5, 5.41) is 12.1. The number of H-pyrrole nitrogens is 1. The van der Waals surface area contributed by atoms with E-state index in [0.717, 1.165) is 52.1 Å². The SMILES string of the molecule is CNCCNc1ccc2cc(C(=O)NC(CCOC)Cc3c[nH]c4ccccc34)sc2c1. The van der Waals surface area contributed by atoms with Gasteiger partial charge in [-0.15, -0.1) is 11.3 Å². The van der Waals surface area contributed by atoms with E-state index in [2.05, 4.69) is 51.3 Å². The van der Waals surface area contributed by atoms with Gasteiger partial charge in [0.25, 0.3) is 5.91 Å². The Morgan fingerprint density at radius 1 is 1.16 bits per heavy atom. The minimum atomic E-state index is -0.0307. The third-order valence-corrected chi connectivity index (χ3v) is 6.69. The van der Waals surface area contributed by atoms with E-state index in [1.54, 1.807) is 7.11 Å². The van der Waals surface area contributed by atoms with Gasteiger partial charge in [-0.2, -0.15) is 0 Å². The molecule has 1 atom stereocenters. The fourth-order valence-corrected chi connectivity index (χ4v) is 4.90. The molecule has 1 amide bonds. The number of carbonyl (C=O) groups is 1. The molecule has 2 heterocycles. The van der Waals surface area contributed by atoms with Crippen LogP contribution < -0.4 is 16.0 Å². The van der Waals surface area contributed by atoms with Crippen LogP contribution in [0.2, 0.25) is 0 Å². The molecule has 1 unspecified atom stereocenters. The van der Waals surface area contributed by atoms with Gasteiger partial charge in [0.05, 0.1) is 4.88 Å². The number of amides is 1. The number of ether oxygens (including phenoxy) is 1. The first kappa shape index (κ1) is 22.3. The summed E-state index contributed by atoms with van der Waals surface area (Å²) in [6, 6.07) is 16.5. The zero-order valence-electron chi connectivity index (χ0n) is 18.5. The van der Waals surface area contributed by atoms with Crippen molar-refractivity contribution in [2.24, 2.45) is 0 Å². The van der Waals surface area contributed by atoms with Gasteiger partial charge in [-0.05, 0) is 55.1 Å². The average Bonchev–Trinajstić information content (AvgIpc) is 3.42. The van der Waals surface area contributed by atoms with E-state index < -0.39 is 0 Å². The standard InChI is InChI=1S/C25H30N4O2S/c1-26-10-11-27-19-8-7-17-14-24(32-23(17)15-19)25(30)29-20(9-12-31-2)13-18-16-28-22-6-4-3-5-21(18)22/h3-8,14-16,20,26-28H,9-13H2,1-2H3,(H,29,30). The Morgan fingerprint density at radius 3 is 2.88 bits per heavy atom. The van der Waals surface area contributed by atoms with E-state index in [4.69, 9.17) is 4.74 Å². The molecule has 4 N–H and O–H groups in total. The Hall–Kier alpha value is -2.87. The molecular formula is C25H30N4O2S. The van der Waals surface area contributed by atoms with E-state index in [1.807, 2.05) is 31.4 Å². The van der Waals surface area contributed by atoms with Crippen molar-refractivity contribution in [3.63, 3.8) is 0 Å². The minimum Gasteiger partial charge on any atom is -0.385 e. The summed E-state index contributed by atoms with van der Waals surface area (Å²) in [5.41, 5.74) is 3.39. The van der Waals surface area contributed by atoms with Crippen LogP contribution in [0.3, 0.4) is 0 Å². The number of aromatic amines is 1. The van der Waals surface area contributed by atoms with E-state index >= 15 is 0 Å². The van der Waals surface area contributed by atoms with Gasteiger partial charge in [0.15, 0.2) is 0 Å². The van der Waals surface area contributed by atoms with E-state index in [1.165, 1.54) is 22.3 Å². The second-order valence-corrected chi connectivity index (χ2v) is 8.99. The Morgan fingerprint density at radius 2 is 2.03 bits per heavy atom. The third kappa shape index (κ3) is 5.30. The second-order valence-electron chi connectivity index (χ2n) is 7.91. The van der Waals surface area contributed by atoms with Gasteiger partial charge in [-0.25, -0.2) is 0 Å². The molecule has 0 saturated heterocycles. The zero-order chi connectivity index (χ0) is 22.3. The predicted molar refractivity (Wildman–Crippen MR) is 134 cm³/mol. The quantitative estimate of drug-likeness (QED) is 0.256. The molecule has 2 aromatic heterocycles. The lowest BCUT2D eigenvalue weighted by Crippen LogP contribution is -2.36. The summed E-state index contributed by atoms with van der Waals surface area (Å²) >= 11 is 1.53. The maximum Gasteiger partial charge on any atom is 0.261 e. The van der Waals surface area contributed by atoms with Crippen molar-refractivity contribution in [2.75, 3.05) is 39.2 Å². The van der Waals surface area contributed by atoms with Crippen LogP contribution in [0.25, 0.3) is 21.0 Å². The number of likely N-dealkylation sites (N-methyl/N-ethyl adjacent to an activating group) is 1. The Kier molecular flexibility index (Phi) is 7.42. The molecule has 0 bridgehead atoms. The minimum absolute atomic E-state index is 0.00867. The Balaban J connectivity index is 1.48. The van der Waals surface area contributed by atoms with Crippen LogP contribution in [0.15, 0.2) is 54.7 Å². The highest BCUT2D eigenvalue weighted by atomic mass is 32.1. The topological polar surface area (TPSA) is 78.2 Å². The number of hydrogen-bond acceptors (Lipinski definition) is 5. The molecule has 0 fully saturated rings. The fourth-order valence-electron chi connectivity index (χ4n) is 3.89. The average molecular weight is 451 g/mol. The van der Waals surface area contributed by atoms with Gasteiger partial charge < -0.3 is 25.7 Å². The summed E-state index contributed by atoms with van der Waals surface area (Å²) in [5.74, 6) is -0.0307. The molecule has 0 saturated carbocycles. The molecule has 4 aromatic rings. The van der Waals surface area contributed by atoms with E-state index in [-0.39, 0.29) is 11.9 Å². The normalized spacial score (nSPS) is 12.3. The van der Waals surface area contributed by atoms with Crippen LogP contribution in [0.4, 0.5) is 5.69 Å². The van der Waals surface area contributed by atoms with Gasteiger partial charge in [-0.3, -0.25) is 4.79 Å². The molecule has 2 aromatic carbocycles. The molecule has 6 nitrogen and oxygen atoms in total. The molecule has 0 aliphatic heterocycles. The maximum absolute atomic E-state index is 13.1. The molecule has 0 radical (unpaired) electrons. The number of methoxy groups -OCH3 is 1. The fraction of sp³-hybridized carbons (Fsp3) is 0.320. The first-order valence-corrected chi connectivity index (χ1v) is 11.8. The van der Waals surface area contributed by atoms with Crippen LogP contribution >= 0.6 is 11.3 Å². The van der Waals surface area contributed by atoms with Gasteiger partial charge in [0.2, 0.25) is 0 Å². The van der Waals surface area contributed by atoms with Crippen LogP contribution in [0, 0.1) is 0 Å². The lowest BCUT2D eigenvalue weighted by atomic mass is 10.0. The highest BCUT2D eigenvalue weighted by Crippen LogP contribution is 2.28. The number of anilines is 1. The molecule has 7 heteroatoms.